The van der Waals surface area contributed by atoms with Crippen LogP contribution >= 0.6 is 0 Å². The number of H-pyrrole nitrogens is 1. The first-order chi connectivity index (χ1) is 11.4. The number of hydrogen-bond donors (Lipinski definition) is 2. The van der Waals surface area contributed by atoms with Crippen LogP contribution in [0.15, 0.2) is 59.5 Å². The summed E-state index contributed by atoms with van der Waals surface area (Å²) in [5.41, 5.74) is 2.54. The molecule has 2 aromatic carbocycles. The highest BCUT2D eigenvalue weighted by Gasteiger charge is 2.18. The Bertz CT molecular complexity index is 1100. The molecular weight excluding hydrogens is 302 g/mol. The van der Waals surface area contributed by atoms with Gasteiger partial charge in [0.15, 0.2) is 0 Å². The molecule has 0 unspecified atom stereocenters. The van der Waals surface area contributed by atoms with E-state index >= 15 is 0 Å². The smallest absolute Gasteiger partial charge is 0.274 e. The molecule has 0 saturated heterocycles. The van der Waals surface area contributed by atoms with Crippen molar-refractivity contribution in [3.8, 4) is 11.4 Å². The Morgan fingerprint density at radius 1 is 1.08 bits per heavy atom. The molecule has 0 saturated carbocycles. The van der Waals surface area contributed by atoms with Crippen molar-refractivity contribution in [2.45, 2.75) is 19.4 Å². The first-order valence-corrected chi connectivity index (χ1v) is 7.77. The second-order valence-electron chi connectivity index (χ2n) is 6.41. The van der Waals surface area contributed by atoms with Crippen LogP contribution in [0.25, 0.3) is 27.9 Å². The minimum atomic E-state index is -0.968. The van der Waals surface area contributed by atoms with Crippen molar-refractivity contribution >= 4 is 16.6 Å². The van der Waals surface area contributed by atoms with Crippen LogP contribution in [0.2, 0.25) is 0 Å². The third-order valence-corrected chi connectivity index (χ3v) is 4.22. The Morgan fingerprint density at radius 2 is 1.83 bits per heavy atom. The molecule has 0 aliphatic heterocycles. The summed E-state index contributed by atoms with van der Waals surface area (Å²) in [5, 5.41) is 10.3. The summed E-state index contributed by atoms with van der Waals surface area (Å²) in [6.45, 7) is 3.48. The van der Waals surface area contributed by atoms with Gasteiger partial charge in [0.25, 0.3) is 5.56 Å². The Balaban J connectivity index is 2.15. The Labute approximate surface area is 138 Å². The number of imidazole rings is 1. The van der Waals surface area contributed by atoms with Crippen molar-refractivity contribution in [3.05, 3.63) is 70.6 Å². The summed E-state index contributed by atoms with van der Waals surface area (Å²) in [5.74, 6) is 0.703. The van der Waals surface area contributed by atoms with Gasteiger partial charge in [0, 0.05) is 5.56 Å². The van der Waals surface area contributed by atoms with Gasteiger partial charge in [-0.3, -0.25) is 9.20 Å². The molecule has 5 heteroatoms. The summed E-state index contributed by atoms with van der Waals surface area (Å²) in [6.07, 6.45) is 1.58. The first kappa shape index (κ1) is 14.7. The molecule has 0 aliphatic carbocycles. The monoisotopic (exact) mass is 319 g/mol. The van der Waals surface area contributed by atoms with Crippen LogP contribution in [0.3, 0.4) is 0 Å². The van der Waals surface area contributed by atoms with Crippen molar-refractivity contribution in [1.29, 1.82) is 0 Å². The number of benzene rings is 2. The van der Waals surface area contributed by atoms with E-state index < -0.39 is 5.60 Å². The van der Waals surface area contributed by atoms with Crippen molar-refractivity contribution in [1.82, 2.24) is 14.4 Å². The van der Waals surface area contributed by atoms with Gasteiger partial charge in [0.05, 0.1) is 22.8 Å². The zero-order chi connectivity index (χ0) is 16.9. The second-order valence-corrected chi connectivity index (χ2v) is 6.41. The summed E-state index contributed by atoms with van der Waals surface area (Å²) >= 11 is 0. The Morgan fingerprint density at radius 3 is 2.54 bits per heavy atom. The first-order valence-electron chi connectivity index (χ1n) is 7.77. The van der Waals surface area contributed by atoms with E-state index in [1.54, 1.807) is 20.0 Å². The Hall–Kier alpha value is -2.92. The maximum absolute atomic E-state index is 12.4. The van der Waals surface area contributed by atoms with E-state index in [4.69, 9.17) is 0 Å². The molecule has 0 radical (unpaired) electrons. The molecule has 120 valence electrons. The predicted molar refractivity (Wildman–Crippen MR) is 94.0 cm³/mol. The fraction of sp³-hybridized carbons (Fsp3) is 0.158. The van der Waals surface area contributed by atoms with Gasteiger partial charge in [-0.25, -0.2) is 4.98 Å². The van der Waals surface area contributed by atoms with Gasteiger partial charge in [0.1, 0.15) is 11.3 Å². The van der Waals surface area contributed by atoms with Gasteiger partial charge < -0.3 is 10.1 Å². The van der Waals surface area contributed by atoms with Gasteiger partial charge in [-0.05, 0) is 31.5 Å². The number of hydrogen-bond acceptors (Lipinski definition) is 3. The maximum atomic E-state index is 12.4. The van der Waals surface area contributed by atoms with Gasteiger partial charge in [0.2, 0.25) is 0 Å². The van der Waals surface area contributed by atoms with E-state index in [2.05, 4.69) is 9.97 Å². The predicted octanol–water partition coefficient (Wildman–Crippen LogP) is 3.07. The second kappa shape index (κ2) is 5.04. The van der Waals surface area contributed by atoms with Crippen molar-refractivity contribution in [2.24, 2.45) is 0 Å². The average Bonchev–Trinajstić information content (AvgIpc) is 3.00. The lowest BCUT2D eigenvalue weighted by Gasteiger charge is -2.18. The van der Waals surface area contributed by atoms with Gasteiger partial charge in [-0.1, -0.05) is 36.4 Å². The normalized spacial score (nSPS) is 12.1. The summed E-state index contributed by atoms with van der Waals surface area (Å²) < 4.78 is 1.85. The Kier molecular flexibility index (Phi) is 3.08. The highest BCUT2D eigenvalue weighted by Crippen LogP contribution is 2.26. The molecule has 0 aliphatic rings. The minimum Gasteiger partial charge on any atom is -0.386 e. The van der Waals surface area contributed by atoms with E-state index in [0.29, 0.717) is 16.9 Å². The minimum absolute atomic E-state index is 0.187. The average molecular weight is 319 g/mol. The molecule has 4 aromatic rings. The fourth-order valence-electron chi connectivity index (χ4n) is 2.94. The molecular formula is C19H17N3O2. The molecule has 0 atom stereocenters. The van der Waals surface area contributed by atoms with E-state index in [-0.39, 0.29) is 5.56 Å². The molecule has 4 rings (SSSR count). The van der Waals surface area contributed by atoms with E-state index in [1.807, 2.05) is 52.9 Å². The van der Waals surface area contributed by atoms with Crippen molar-refractivity contribution in [2.75, 3.05) is 0 Å². The molecule has 2 aromatic heterocycles. The van der Waals surface area contributed by atoms with Crippen LogP contribution in [0, 0.1) is 0 Å². The van der Waals surface area contributed by atoms with Crippen molar-refractivity contribution in [3.63, 3.8) is 0 Å². The van der Waals surface area contributed by atoms with Crippen LogP contribution in [0.5, 0.6) is 0 Å². The number of aromatic amines is 1. The number of nitrogens with one attached hydrogen (secondary N) is 1. The van der Waals surface area contributed by atoms with Gasteiger partial charge in [-0.15, -0.1) is 0 Å². The molecule has 0 amide bonds. The van der Waals surface area contributed by atoms with E-state index in [1.165, 1.54) is 0 Å². The zero-order valence-corrected chi connectivity index (χ0v) is 13.4. The molecule has 5 nitrogen and oxygen atoms in total. The molecule has 0 fully saturated rings. The van der Waals surface area contributed by atoms with Crippen LogP contribution < -0.4 is 5.56 Å². The van der Waals surface area contributed by atoms with Crippen LogP contribution in [-0.2, 0) is 5.60 Å². The van der Waals surface area contributed by atoms with Gasteiger partial charge in [-0.2, -0.15) is 0 Å². The van der Waals surface area contributed by atoms with Crippen LogP contribution in [-0.4, -0.2) is 19.5 Å². The van der Waals surface area contributed by atoms with Crippen LogP contribution in [0.4, 0.5) is 0 Å². The van der Waals surface area contributed by atoms with Crippen molar-refractivity contribution < 1.29 is 5.11 Å². The maximum Gasteiger partial charge on any atom is 0.274 e. The number of rotatable bonds is 2. The lowest BCUT2D eigenvalue weighted by atomic mass is 9.98. The zero-order valence-electron chi connectivity index (χ0n) is 13.4. The number of aromatic nitrogens is 3. The summed E-state index contributed by atoms with van der Waals surface area (Å²) in [7, 11) is 0. The lowest BCUT2D eigenvalue weighted by Crippen LogP contribution is -2.16. The van der Waals surface area contributed by atoms with E-state index in [9.17, 15) is 9.90 Å². The largest absolute Gasteiger partial charge is 0.386 e. The molecule has 24 heavy (non-hydrogen) atoms. The highest BCUT2D eigenvalue weighted by atomic mass is 16.3. The number of nitrogens with zero attached hydrogens (tertiary/aromatic N) is 2. The summed E-state index contributed by atoms with van der Waals surface area (Å²) in [4.78, 5) is 19.7. The molecule has 2 N–H and O–H groups in total. The van der Waals surface area contributed by atoms with E-state index in [0.717, 1.165) is 16.6 Å². The lowest BCUT2D eigenvalue weighted by molar-refractivity contribution is 0.0787. The molecule has 0 bridgehead atoms. The molecule has 0 spiro atoms. The third kappa shape index (κ3) is 2.21. The quantitative estimate of drug-likeness (QED) is 0.596. The topological polar surface area (TPSA) is 70.4 Å². The number of aliphatic hydroxyl groups is 1. The number of fused-ring (bicyclic) bond motifs is 3. The summed E-state index contributed by atoms with van der Waals surface area (Å²) in [6, 6.07) is 15.3. The standard InChI is InChI=1S/C19H17N3O2/c1-19(2,24)13-8-9-14-15(10-13)22-16(18(23)21-14)11-20-17(22)12-6-4-3-5-7-12/h3-11,24H,1-2H3,(H,21,23). The third-order valence-electron chi connectivity index (χ3n) is 4.22. The van der Waals surface area contributed by atoms with Gasteiger partial charge >= 0.3 is 0 Å². The highest BCUT2D eigenvalue weighted by molar-refractivity contribution is 5.81. The molecule has 2 heterocycles. The fourth-order valence-corrected chi connectivity index (χ4v) is 2.94. The SMILES string of the molecule is CC(C)(O)c1ccc2[nH]c(=O)c3cnc(-c4ccccc4)n3c2c1. The van der Waals surface area contributed by atoms with Crippen LogP contribution in [0.1, 0.15) is 19.4 Å².